The summed E-state index contributed by atoms with van der Waals surface area (Å²) in [4.78, 5) is 30.9. The second kappa shape index (κ2) is 13.6. The van der Waals surface area contributed by atoms with Crippen molar-refractivity contribution in [1.82, 2.24) is 19.4 Å². The minimum Gasteiger partial charge on any atom is -0.336 e. The van der Waals surface area contributed by atoms with Gasteiger partial charge in [0.25, 0.3) is 0 Å². The Morgan fingerprint density at radius 2 is 1.97 bits per heavy atom. The van der Waals surface area contributed by atoms with Gasteiger partial charge in [0, 0.05) is 25.0 Å². The predicted octanol–water partition coefficient (Wildman–Crippen LogP) is 5.57. The van der Waals surface area contributed by atoms with Gasteiger partial charge < -0.3 is 9.47 Å². The maximum atomic E-state index is 11.6. The second-order valence-electron chi connectivity index (χ2n) is 9.49. The van der Waals surface area contributed by atoms with Gasteiger partial charge in [0.2, 0.25) is 6.41 Å². The summed E-state index contributed by atoms with van der Waals surface area (Å²) in [6.45, 7) is 10.8. The number of imidazole rings is 1. The molecule has 1 aliphatic carbocycles. The molecule has 1 saturated heterocycles. The summed E-state index contributed by atoms with van der Waals surface area (Å²) >= 11 is 5.90. The minimum absolute atomic E-state index is 0.0500. The molecule has 1 saturated carbocycles. The third-order valence-electron chi connectivity index (χ3n) is 6.67. The van der Waals surface area contributed by atoms with E-state index < -0.39 is 0 Å². The van der Waals surface area contributed by atoms with Gasteiger partial charge in [0.05, 0.1) is 18.8 Å². The molecule has 5 rings (SSSR count). The van der Waals surface area contributed by atoms with E-state index in [9.17, 15) is 9.59 Å². The maximum absolute atomic E-state index is 11.6. The Kier molecular flexibility index (Phi) is 10.5. The number of ketones is 1. The molecule has 2 aromatic rings. The molecule has 35 heavy (non-hydrogen) atoms. The number of carbonyl (C=O) groups excluding carboxylic acids is 2. The number of nitrogens with zero attached hydrogens (tertiary/aromatic N) is 4. The lowest BCUT2D eigenvalue weighted by Crippen LogP contribution is -2.38. The van der Waals surface area contributed by atoms with Crippen molar-refractivity contribution in [2.75, 3.05) is 26.2 Å². The zero-order valence-electron chi connectivity index (χ0n) is 21.3. The lowest BCUT2D eigenvalue weighted by atomic mass is 10.1. The molecular weight excluding hydrogens is 460 g/mol. The zero-order valence-corrected chi connectivity index (χ0v) is 22.1. The Bertz CT molecular complexity index is 995. The smallest absolute Gasteiger partial charge is 0.210 e. The van der Waals surface area contributed by atoms with Crippen molar-refractivity contribution in [2.45, 2.75) is 65.5 Å². The molecular formula is C28H39ClN4O2. The number of hydrogen-bond acceptors (Lipinski definition) is 4. The van der Waals surface area contributed by atoms with E-state index in [4.69, 9.17) is 11.6 Å². The van der Waals surface area contributed by atoms with Crippen LogP contribution in [0.3, 0.4) is 0 Å². The second-order valence-corrected chi connectivity index (χ2v) is 9.90. The number of aromatic nitrogens is 2. The van der Waals surface area contributed by atoms with Crippen molar-refractivity contribution in [1.29, 1.82) is 0 Å². The third kappa shape index (κ3) is 7.77. The molecule has 3 aliphatic rings. The Labute approximate surface area is 215 Å². The summed E-state index contributed by atoms with van der Waals surface area (Å²) in [5.41, 5.74) is 1.94. The van der Waals surface area contributed by atoms with Crippen LogP contribution in [0.2, 0.25) is 5.02 Å². The van der Waals surface area contributed by atoms with Crippen molar-refractivity contribution in [3.05, 3.63) is 64.7 Å². The first kappa shape index (κ1) is 27.2. The molecule has 0 radical (unpaired) electrons. The van der Waals surface area contributed by atoms with E-state index in [1.807, 2.05) is 18.2 Å². The standard InChI is InChI=1S/C12H15N3O2.C9H11Cl.C7H13N/c1-8(17)10-4-13-12-6-14(7-16)5-11(15(10)12)9-2-3-9;1-2-5-8-6-3-4-7-9(8)10;1-2-3-5-8-6-4-7-8/h4,7,9,11H,2-3,5-6H2,1H3;3-4,6-7H,2,5H2,1H3;2-3H,4-7H2,1H3/b;;3-2+. The molecule has 2 aliphatic heterocycles. The molecule has 1 amide bonds. The Hall–Kier alpha value is -2.44. The van der Waals surface area contributed by atoms with E-state index in [-0.39, 0.29) is 11.8 Å². The average molecular weight is 499 g/mol. The van der Waals surface area contributed by atoms with E-state index in [1.54, 1.807) is 18.0 Å². The van der Waals surface area contributed by atoms with E-state index in [1.165, 1.54) is 37.9 Å². The van der Waals surface area contributed by atoms with E-state index in [0.717, 1.165) is 36.6 Å². The van der Waals surface area contributed by atoms with Crippen LogP contribution >= 0.6 is 11.6 Å². The molecule has 190 valence electrons. The van der Waals surface area contributed by atoms with Crippen LogP contribution in [0.4, 0.5) is 0 Å². The van der Waals surface area contributed by atoms with Crippen LogP contribution < -0.4 is 0 Å². The highest BCUT2D eigenvalue weighted by molar-refractivity contribution is 6.31. The quantitative estimate of drug-likeness (QED) is 0.284. The molecule has 7 heteroatoms. The third-order valence-corrected chi connectivity index (χ3v) is 7.04. The fourth-order valence-corrected chi connectivity index (χ4v) is 4.66. The van der Waals surface area contributed by atoms with Gasteiger partial charge in [-0.15, -0.1) is 0 Å². The molecule has 0 spiro atoms. The van der Waals surface area contributed by atoms with Crippen LogP contribution in [-0.2, 0) is 17.8 Å². The van der Waals surface area contributed by atoms with Crippen LogP contribution in [0.1, 0.15) is 74.4 Å². The molecule has 1 unspecified atom stereocenters. The van der Waals surface area contributed by atoms with Crippen LogP contribution in [-0.4, -0.2) is 57.7 Å². The fourth-order valence-electron chi connectivity index (χ4n) is 4.43. The van der Waals surface area contributed by atoms with Gasteiger partial charge in [-0.1, -0.05) is 55.3 Å². The average Bonchev–Trinajstić information content (AvgIpc) is 3.58. The number of halogens is 1. The lowest BCUT2D eigenvalue weighted by molar-refractivity contribution is -0.120. The normalized spacial score (nSPS) is 19.1. The number of carbonyl (C=O) groups is 2. The van der Waals surface area contributed by atoms with Gasteiger partial charge in [-0.05, 0) is 63.2 Å². The number of hydrogen-bond donors (Lipinski definition) is 0. The van der Waals surface area contributed by atoms with Gasteiger partial charge in [0.15, 0.2) is 5.78 Å². The lowest BCUT2D eigenvalue weighted by Gasteiger charge is -2.32. The molecule has 3 heterocycles. The molecule has 0 N–H and O–H groups in total. The largest absolute Gasteiger partial charge is 0.336 e. The van der Waals surface area contributed by atoms with Crippen molar-refractivity contribution in [3.63, 3.8) is 0 Å². The van der Waals surface area contributed by atoms with E-state index >= 15 is 0 Å². The predicted molar refractivity (Wildman–Crippen MR) is 142 cm³/mol. The Morgan fingerprint density at radius 3 is 2.51 bits per heavy atom. The first-order valence-electron chi connectivity index (χ1n) is 12.8. The maximum Gasteiger partial charge on any atom is 0.210 e. The van der Waals surface area contributed by atoms with Crippen LogP contribution in [0, 0.1) is 5.92 Å². The van der Waals surface area contributed by atoms with E-state index in [2.05, 4.69) is 46.5 Å². The summed E-state index contributed by atoms with van der Waals surface area (Å²) in [7, 11) is 0. The highest BCUT2D eigenvalue weighted by atomic mass is 35.5. The molecule has 0 bridgehead atoms. The van der Waals surface area contributed by atoms with Gasteiger partial charge in [0.1, 0.15) is 11.5 Å². The van der Waals surface area contributed by atoms with E-state index in [0.29, 0.717) is 24.7 Å². The van der Waals surface area contributed by atoms with Crippen molar-refractivity contribution in [2.24, 2.45) is 5.92 Å². The number of allylic oxidation sites excluding steroid dienone is 1. The van der Waals surface area contributed by atoms with Gasteiger partial charge >= 0.3 is 0 Å². The minimum atomic E-state index is 0.0500. The topological polar surface area (TPSA) is 58.4 Å². The number of amides is 1. The first-order valence-corrected chi connectivity index (χ1v) is 13.2. The number of benzene rings is 1. The number of likely N-dealkylation sites (tertiary alicyclic amines) is 1. The van der Waals surface area contributed by atoms with Crippen LogP contribution in [0.15, 0.2) is 42.6 Å². The highest BCUT2D eigenvalue weighted by Gasteiger charge is 2.38. The molecule has 6 nitrogen and oxygen atoms in total. The Balaban J connectivity index is 0.000000162. The number of fused-ring (bicyclic) bond motifs is 1. The Morgan fingerprint density at radius 1 is 1.23 bits per heavy atom. The van der Waals surface area contributed by atoms with Crippen molar-refractivity contribution in [3.8, 4) is 0 Å². The summed E-state index contributed by atoms with van der Waals surface area (Å²) in [5.74, 6) is 1.49. The summed E-state index contributed by atoms with van der Waals surface area (Å²) in [5, 5.41) is 0.893. The fraction of sp³-hybridized carbons (Fsp3) is 0.536. The molecule has 1 aromatic heterocycles. The SMILES string of the molecule is C/C=C/CN1CCC1.CC(=O)c1cnc2n1C(C1CC1)CN(C=O)C2.CCCc1ccccc1Cl. The molecule has 2 fully saturated rings. The molecule has 1 atom stereocenters. The molecule has 1 aromatic carbocycles. The number of aryl methyl sites for hydroxylation is 1. The highest BCUT2D eigenvalue weighted by Crippen LogP contribution is 2.42. The van der Waals surface area contributed by atoms with Crippen molar-refractivity contribution >= 4 is 23.8 Å². The first-order chi connectivity index (χ1) is 17.0. The number of rotatable bonds is 7. The van der Waals surface area contributed by atoms with Crippen LogP contribution in [0.25, 0.3) is 0 Å². The summed E-state index contributed by atoms with van der Waals surface area (Å²) in [6.07, 6.45) is 12.8. The van der Waals surface area contributed by atoms with Crippen molar-refractivity contribution < 1.29 is 9.59 Å². The number of Topliss-reactive ketones (excluding diaryl/α,β-unsaturated/α-hetero) is 1. The van der Waals surface area contributed by atoms with Gasteiger partial charge in [-0.25, -0.2) is 4.98 Å². The van der Waals surface area contributed by atoms with Crippen LogP contribution in [0.5, 0.6) is 0 Å². The monoisotopic (exact) mass is 498 g/mol. The van der Waals surface area contributed by atoms with Gasteiger partial charge in [-0.3, -0.25) is 14.5 Å². The van der Waals surface area contributed by atoms with Gasteiger partial charge in [-0.2, -0.15) is 0 Å². The zero-order chi connectivity index (χ0) is 25.2. The summed E-state index contributed by atoms with van der Waals surface area (Å²) < 4.78 is 2.06. The summed E-state index contributed by atoms with van der Waals surface area (Å²) in [6, 6.07) is 8.24.